The predicted octanol–water partition coefficient (Wildman–Crippen LogP) is 2.02. The lowest BCUT2D eigenvalue weighted by Crippen LogP contribution is -2.44. The van der Waals surface area contributed by atoms with Crippen molar-refractivity contribution in [1.82, 2.24) is 10.3 Å². The number of carbonyl (C=O) groups excluding carboxylic acids is 2. The molecule has 2 amide bonds. The van der Waals surface area contributed by atoms with Gasteiger partial charge in [0.25, 0.3) is 0 Å². The predicted molar refractivity (Wildman–Crippen MR) is 80.6 cm³/mol. The van der Waals surface area contributed by atoms with Gasteiger partial charge in [-0.2, -0.15) is 5.01 Å². The van der Waals surface area contributed by atoms with E-state index in [2.05, 4.69) is 22.9 Å². The maximum atomic E-state index is 11.8. The van der Waals surface area contributed by atoms with E-state index in [0.717, 1.165) is 31.6 Å². The number of nitrogens with zero attached hydrogens (tertiary/aromatic N) is 1. The average Bonchev–Trinajstić information content (AvgIpc) is 2.52. The van der Waals surface area contributed by atoms with Crippen molar-refractivity contribution in [3.05, 3.63) is 29.8 Å². The maximum Gasteiger partial charge on any atom is 0.248 e. The summed E-state index contributed by atoms with van der Waals surface area (Å²) in [4.78, 5) is 23.7. The molecule has 0 saturated carbocycles. The molecule has 2 aliphatic rings. The molecular formula is C16H21N3O2. The number of hydrogen-bond donors (Lipinski definition) is 2. The minimum Gasteiger partial charge on any atom is -0.317 e. The van der Waals surface area contributed by atoms with Crippen molar-refractivity contribution in [3.63, 3.8) is 0 Å². The molecule has 0 bridgehead atoms. The number of hydrogen-bond acceptors (Lipinski definition) is 4. The highest BCUT2D eigenvalue weighted by atomic mass is 16.2. The van der Waals surface area contributed by atoms with Crippen molar-refractivity contribution >= 4 is 17.5 Å². The minimum absolute atomic E-state index is 0.140. The van der Waals surface area contributed by atoms with Gasteiger partial charge in [-0.1, -0.05) is 12.1 Å². The average molecular weight is 287 g/mol. The molecule has 1 aromatic rings. The third-order valence-corrected chi connectivity index (χ3v) is 4.22. The number of anilines is 1. The van der Waals surface area contributed by atoms with Crippen LogP contribution in [0.3, 0.4) is 0 Å². The van der Waals surface area contributed by atoms with Crippen LogP contribution in [0.2, 0.25) is 0 Å². The van der Waals surface area contributed by atoms with Gasteiger partial charge in [-0.15, -0.1) is 0 Å². The van der Waals surface area contributed by atoms with Crippen molar-refractivity contribution in [2.24, 2.45) is 0 Å². The number of nitrogens with one attached hydrogen (secondary N) is 2. The van der Waals surface area contributed by atoms with E-state index in [-0.39, 0.29) is 11.8 Å². The molecule has 5 heteroatoms. The molecule has 3 rings (SSSR count). The second kappa shape index (κ2) is 6.26. The number of amides is 2. The van der Waals surface area contributed by atoms with Crippen molar-refractivity contribution in [1.29, 1.82) is 0 Å². The summed E-state index contributed by atoms with van der Waals surface area (Å²) >= 11 is 0. The summed E-state index contributed by atoms with van der Waals surface area (Å²) in [5.74, 6) is 0.276. The van der Waals surface area contributed by atoms with Gasteiger partial charge < -0.3 is 5.32 Å². The molecule has 5 nitrogen and oxygen atoms in total. The Morgan fingerprint density at radius 3 is 2.52 bits per heavy atom. The quantitative estimate of drug-likeness (QED) is 0.835. The molecule has 0 atom stereocenters. The first kappa shape index (κ1) is 14.1. The first-order valence-electron chi connectivity index (χ1n) is 7.67. The van der Waals surface area contributed by atoms with Crippen LogP contribution in [0.15, 0.2) is 24.3 Å². The Hall–Kier alpha value is -1.88. The minimum atomic E-state index is -0.140. The second-order valence-electron chi connectivity index (χ2n) is 5.74. The van der Waals surface area contributed by atoms with Crippen molar-refractivity contribution in [2.75, 3.05) is 18.5 Å². The van der Waals surface area contributed by atoms with Crippen molar-refractivity contribution < 1.29 is 9.59 Å². The summed E-state index contributed by atoms with van der Waals surface area (Å²) in [6.45, 7) is 2.09. The van der Waals surface area contributed by atoms with Crippen molar-refractivity contribution in [2.45, 2.75) is 38.0 Å². The standard InChI is InChI=1S/C16H21N3O2/c20-15-5-2-6-16(21)19(15)18-14-4-1-3-13(11-14)12-7-9-17-10-8-12/h1,3-4,11-12,17-18H,2,5-10H2. The Balaban J connectivity index is 1.73. The highest BCUT2D eigenvalue weighted by molar-refractivity contribution is 5.98. The first-order chi connectivity index (χ1) is 10.2. The molecule has 2 saturated heterocycles. The first-order valence-corrected chi connectivity index (χ1v) is 7.67. The zero-order valence-electron chi connectivity index (χ0n) is 12.1. The number of rotatable bonds is 3. The molecule has 2 heterocycles. The summed E-state index contributed by atoms with van der Waals surface area (Å²) in [6.07, 6.45) is 3.79. The molecule has 2 N–H and O–H groups in total. The molecule has 0 aliphatic carbocycles. The van der Waals surface area contributed by atoms with Gasteiger partial charge in [-0.25, -0.2) is 0 Å². The van der Waals surface area contributed by atoms with Crippen LogP contribution in [0.4, 0.5) is 5.69 Å². The van der Waals surface area contributed by atoms with Crippen LogP contribution in [0.5, 0.6) is 0 Å². The summed E-state index contributed by atoms with van der Waals surface area (Å²) < 4.78 is 0. The summed E-state index contributed by atoms with van der Waals surface area (Å²) in [5, 5.41) is 4.53. The van der Waals surface area contributed by atoms with E-state index in [1.165, 1.54) is 10.6 Å². The lowest BCUT2D eigenvalue weighted by atomic mass is 9.90. The highest BCUT2D eigenvalue weighted by Gasteiger charge is 2.26. The molecule has 112 valence electrons. The van der Waals surface area contributed by atoms with E-state index in [4.69, 9.17) is 0 Å². The van der Waals surface area contributed by atoms with E-state index in [1.54, 1.807) is 0 Å². The Morgan fingerprint density at radius 1 is 1.10 bits per heavy atom. The molecule has 1 aromatic carbocycles. The fraction of sp³-hybridized carbons (Fsp3) is 0.500. The van der Waals surface area contributed by atoms with E-state index in [0.29, 0.717) is 25.2 Å². The molecule has 2 aliphatic heterocycles. The third-order valence-electron chi connectivity index (χ3n) is 4.22. The van der Waals surface area contributed by atoms with Gasteiger partial charge in [0.05, 0.1) is 5.69 Å². The zero-order valence-corrected chi connectivity index (χ0v) is 12.1. The van der Waals surface area contributed by atoms with Gasteiger partial charge in [0.1, 0.15) is 0 Å². The highest BCUT2D eigenvalue weighted by Crippen LogP contribution is 2.27. The van der Waals surface area contributed by atoms with Crippen LogP contribution < -0.4 is 10.7 Å². The third kappa shape index (κ3) is 3.24. The van der Waals surface area contributed by atoms with E-state index >= 15 is 0 Å². The fourth-order valence-electron chi connectivity index (χ4n) is 3.02. The van der Waals surface area contributed by atoms with Crippen LogP contribution in [0.1, 0.15) is 43.6 Å². The van der Waals surface area contributed by atoms with E-state index in [1.807, 2.05) is 12.1 Å². The summed E-state index contributed by atoms with van der Waals surface area (Å²) in [7, 11) is 0. The number of imide groups is 1. The fourth-order valence-corrected chi connectivity index (χ4v) is 3.02. The Kier molecular flexibility index (Phi) is 4.20. The number of benzene rings is 1. The molecular weight excluding hydrogens is 266 g/mol. The summed E-state index contributed by atoms with van der Waals surface area (Å²) in [6, 6.07) is 8.07. The molecule has 0 aromatic heterocycles. The number of piperidine rings is 2. The molecule has 0 spiro atoms. The van der Waals surface area contributed by atoms with Crippen LogP contribution >= 0.6 is 0 Å². The van der Waals surface area contributed by atoms with Gasteiger partial charge in [0.15, 0.2) is 0 Å². The Labute approximate surface area is 124 Å². The molecule has 0 radical (unpaired) electrons. The molecule has 21 heavy (non-hydrogen) atoms. The van der Waals surface area contributed by atoms with Crippen molar-refractivity contribution in [3.8, 4) is 0 Å². The lowest BCUT2D eigenvalue weighted by molar-refractivity contribution is -0.146. The largest absolute Gasteiger partial charge is 0.317 e. The van der Waals surface area contributed by atoms with Gasteiger partial charge in [0, 0.05) is 12.8 Å². The maximum absolute atomic E-state index is 11.8. The smallest absolute Gasteiger partial charge is 0.248 e. The van der Waals surface area contributed by atoms with Gasteiger partial charge in [-0.3, -0.25) is 15.0 Å². The molecule has 0 unspecified atom stereocenters. The van der Waals surface area contributed by atoms with E-state index in [9.17, 15) is 9.59 Å². The van der Waals surface area contributed by atoms with Crippen LogP contribution in [0.25, 0.3) is 0 Å². The van der Waals surface area contributed by atoms with Gasteiger partial charge in [-0.05, 0) is 56.0 Å². The Bertz CT molecular complexity index is 522. The van der Waals surface area contributed by atoms with Crippen LogP contribution in [0, 0.1) is 0 Å². The topological polar surface area (TPSA) is 61.4 Å². The normalized spacial score (nSPS) is 20.7. The van der Waals surface area contributed by atoms with Crippen LogP contribution in [-0.2, 0) is 9.59 Å². The number of hydrazine groups is 1. The molecule has 2 fully saturated rings. The zero-order chi connectivity index (χ0) is 14.7. The SMILES string of the molecule is O=C1CCCC(=O)N1Nc1cccc(C2CCNCC2)c1. The lowest BCUT2D eigenvalue weighted by Gasteiger charge is -2.27. The summed E-state index contributed by atoms with van der Waals surface area (Å²) in [5.41, 5.74) is 5.07. The second-order valence-corrected chi connectivity index (χ2v) is 5.74. The number of carbonyl (C=O) groups is 2. The van der Waals surface area contributed by atoms with Gasteiger partial charge >= 0.3 is 0 Å². The van der Waals surface area contributed by atoms with E-state index < -0.39 is 0 Å². The monoisotopic (exact) mass is 287 g/mol. The van der Waals surface area contributed by atoms with Crippen LogP contribution in [-0.4, -0.2) is 29.9 Å². The Morgan fingerprint density at radius 2 is 1.81 bits per heavy atom. The van der Waals surface area contributed by atoms with Gasteiger partial charge in [0.2, 0.25) is 11.8 Å².